The first-order valence-corrected chi connectivity index (χ1v) is 35.6. The van der Waals surface area contributed by atoms with Crippen LogP contribution in [0.3, 0.4) is 0 Å². The Labute approximate surface area is 532 Å². The molecule has 3 heterocycles. The SMILES string of the molecule is CCCCCCCC/C=C\CCCCCCCCN(CCCCCCCC/C=C\CCCCCCCC)C(=O)CCC(=O)NCCSC[C@H]1O[C@@H](O[C@@H]2C(O)[C@H](N)CC(N)[C@H]2O[C@H]2OC(CN)[C@@H](O)[C@H](O)C2N)C(O)[C@H]1O[C@H]1OC(CN)[C@@H](O)C(O)[C@H]1N. The monoisotopic (exact) mass is 1270 g/mol. The van der Waals surface area contributed by atoms with Crippen molar-refractivity contribution in [1.82, 2.24) is 10.2 Å². The number of thioether (sulfide) groups is 1. The molecule has 0 aromatic heterocycles. The largest absolute Gasteiger partial charge is 0.389 e. The van der Waals surface area contributed by atoms with Crippen LogP contribution in [0.2, 0.25) is 0 Å². The maximum Gasteiger partial charge on any atom is 0.223 e. The molecule has 7 unspecified atom stereocenters. The molecular weight excluding hydrogens is 1150 g/mol. The van der Waals surface area contributed by atoms with Gasteiger partial charge in [0.1, 0.15) is 61.0 Å². The van der Waals surface area contributed by atoms with E-state index in [4.69, 9.17) is 62.8 Å². The Bertz CT molecular complexity index is 1830. The molecule has 4 aliphatic rings. The van der Waals surface area contributed by atoms with Gasteiger partial charge in [-0.05, 0) is 70.6 Å². The normalized spacial score (nSPS) is 32.0. The lowest BCUT2D eigenvalue weighted by Crippen LogP contribution is -2.68. The first kappa shape index (κ1) is 78.5. The van der Waals surface area contributed by atoms with E-state index in [0.717, 1.165) is 51.4 Å². The molecule has 3 saturated heterocycles. The average molecular weight is 1270 g/mol. The van der Waals surface area contributed by atoms with Crippen molar-refractivity contribution < 1.29 is 68.6 Å². The molecule has 4 rings (SSSR count). The summed E-state index contributed by atoms with van der Waals surface area (Å²) in [5.41, 5.74) is 37.0. The molecule has 1 saturated carbocycles. The lowest BCUT2D eigenvalue weighted by Gasteiger charge is -2.47. The molecule has 88 heavy (non-hydrogen) atoms. The van der Waals surface area contributed by atoms with E-state index >= 15 is 0 Å². The average Bonchev–Trinajstić information content (AvgIpc) is 2.35. The smallest absolute Gasteiger partial charge is 0.223 e. The van der Waals surface area contributed by atoms with Gasteiger partial charge in [0.25, 0.3) is 0 Å². The molecule has 19 N–H and O–H groups in total. The highest BCUT2D eigenvalue weighted by Crippen LogP contribution is 2.36. The highest BCUT2D eigenvalue weighted by Gasteiger charge is 2.54. The second-order valence-corrected chi connectivity index (χ2v) is 26.4. The van der Waals surface area contributed by atoms with Gasteiger partial charge in [-0.25, -0.2) is 0 Å². The first-order valence-electron chi connectivity index (χ1n) is 34.4. The quantitative estimate of drug-likeness (QED) is 0.0291. The minimum Gasteiger partial charge on any atom is -0.389 e. The van der Waals surface area contributed by atoms with Crippen molar-refractivity contribution in [1.29, 1.82) is 0 Å². The summed E-state index contributed by atoms with van der Waals surface area (Å²) in [5, 5.41) is 68.9. The molecule has 0 bridgehead atoms. The molecule has 0 aromatic carbocycles. The number of carbonyl (C=O) groups excluding carboxylic acids is 2. The van der Waals surface area contributed by atoms with E-state index in [-0.39, 0.29) is 56.5 Å². The summed E-state index contributed by atoms with van der Waals surface area (Å²) in [5.74, 6) is 0.327. The Morgan fingerprint density at radius 3 is 1.35 bits per heavy atom. The Kier molecular flexibility index (Phi) is 41.2. The summed E-state index contributed by atoms with van der Waals surface area (Å²) < 4.78 is 36.8. The van der Waals surface area contributed by atoms with Crippen molar-refractivity contribution in [2.24, 2.45) is 34.4 Å². The second-order valence-electron chi connectivity index (χ2n) is 25.2. The summed E-state index contributed by atoms with van der Waals surface area (Å²) >= 11 is 1.37. The topological polar surface area (TPSA) is 382 Å². The van der Waals surface area contributed by atoms with E-state index in [9.17, 15) is 40.2 Å². The van der Waals surface area contributed by atoms with E-state index < -0.39 is 116 Å². The van der Waals surface area contributed by atoms with Crippen molar-refractivity contribution in [3.63, 3.8) is 0 Å². The number of aliphatic hydroxyl groups is 6. The van der Waals surface area contributed by atoms with Gasteiger partial charge in [0.2, 0.25) is 11.8 Å². The number of unbranched alkanes of at least 4 members (excludes halogenated alkanes) is 24. The number of aliphatic hydroxyl groups excluding tert-OH is 6. The van der Waals surface area contributed by atoms with Gasteiger partial charge in [-0.2, -0.15) is 11.8 Å². The molecule has 514 valence electrons. The minimum atomic E-state index is -1.59. The highest BCUT2D eigenvalue weighted by atomic mass is 32.2. The van der Waals surface area contributed by atoms with Gasteiger partial charge in [0.05, 0.1) is 24.3 Å². The number of nitrogens with zero attached hydrogens (tertiary/aromatic N) is 1. The summed E-state index contributed by atoms with van der Waals surface area (Å²) in [6.45, 7) is 5.82. The fourth-order valence-corrected chi connectivity index (χ4v) is 13.0. The van der Waals surface area contributed by atoms with E-state index in [1.54, 1.807) is 0 Å². The van der Waals surface area contributed by atoms with Gasteiger partial charge in [0, 0.05) is 69.2 Å². The Morgan fingerprint density at radius 2 is 0.898 bits per heavy atom. The minimum absolute atomic E-state index is 0.00129. The van der Waals surface area contributed by atoms with Gasteiger partial charge < -0.3 is 104 Å². The van der Waals surface area contributed by atoms with Gasteiger partial charge in [-0.3, -0.25) is 9.59 Å². The predicted molar refractivity (Wildman–Crippen MR) is 346 cm³/mol. The number of carbonyl (C=O) groups is 2. The molecule has 1 aliphatic carbocycles. The number of nitrogens with two attached hydrogens (primary N) is 6. The number of hydrogen-bond acceptors (Lipinski definition) is 21. The number of ether oxygens (including phenoxy) is 6. The number of amides is 2. The Balaban J connectivity index is 1.27. The van der Waals surface area contributed by atoms with Gasteiger partial charge >= 0.3 is 0 Å². The van der Waals surface area contributed by atoms with Crippen LogP contribution >= 0.6 is 11.8 Å². The molecule has 3 aliphatic heterocycles. The molecule has 0 radical (unpaired) electrons. The molecule has 19 atom stereocenters. The Hall–Kier alpha value is -1.95. The van der Waals surface area contributed by atoms with E-state index in [2.05, 4.69) is 43.5 Å². The molecule has 2 amide bonds. The third-order valence-corrected chi connectivity index (χ3v) is 18.9. The molecule has 0 spiro atoms. The zero-order valence-corrected chi connectivity index (χ0v) is 54.7. The van der Waals surface area contributed by atoms with Crippen LogP contribution in [-0.4, -0.2) is 208 Å². The van der Waals surface area contributed by atoms with Crippen molar-refractivity contribution >= 4 is 23.6 Å². The third kappa shape index (κ3) is 28.3. The van der Waals surface area contributed by atoms with Crippen LogP contribution in [0.1, 0.15) is 213 Å². The summed E-state index contributed by atoms with van der Waals surface area (Å²) in [4.78, 5) is 29.0. The number of allylic oxidation sites excluding steroid dienone is 4. The van der Waals surface area contributed by atoms with Crippen LogP contribution in [0, 0.1) is 0 Å². The molecular formula is C65H124N8O14S. The van der Waals surface area contributed by atoms with E-state index in [0.29, 0.717) is 18.8 Å². The van der Waals surface area contributed by atoms with Crippen molar-refractivity contribution in [2.45, 2.75) is 329 Å². The zero-order chi connectivity index (χ0) is 64.1. The summed E-state index contributed by atoms with van der Waals surface area (Å²) in [6, 6.07) is -4.29. The fraction of sp³-hybridized carbons (Fsp3) is 0.908. The first-order chi connectivity index (χ1) is 42.6. The standard InChI is InChI=1S/C65H124N8O14S/c1-3-5-7-9-11-13-15-17-19-21-23-25-27-29-31-33-38-73(39-34-32-30-28-26-24-22-20-18-16-14-12-10-8-6-4-2)51(75)36-35-50(74)72-37-40-88-44-49-61(86-64-53(71)58(80)56(78)48(43-67)83-64)59(81)65(84-49)87-62-54(76)45(68)41-46(69)60(62)85-63-52(70)57(79)55(77)47(42-66)82-63/h17-20,45-49,52-65,76-81H,3-16,21-44,66-71H2,1-2H3,(H,72,74)/b19-17-,20-18-/t45-,46?,47?,48?,49-,52?,53-,54?,55-,56-,57-,58?,59?,60-,61+,62-,63-,64-,65+/m1/s1. The second kappa shape index (κ2) is 46.2. The number of rotatable bonds is 48. The van der Waals surface area contributed by atoms with E-state index in [1.165, 1.54) is 140 Å². The number of hydrogen-bond donors (Lipinski definition) is 13. The molecule has 0 aromatic rings. The summed E-state index contributed by atoms with van der Waals surface area (Å²) in [7, 11) is 0. The van der Waals surface area contributed by atoms with Crippen LogP contribution in [0.4, 0.5) is 0 Å². The van der Waals surface area contributed by atoms with Gasteiger partial charge in [0.15, 0.2) is 18.9 Å². The maximum atomic E-state index is 13.8. The van der Waals surface area contributed by atoms with Crippen LogP contribution in [-0.2, 0) is 38.0 Å². The molecule has 23 heteroatoms. The third-order valence-electron chi connectivity index (χ3n) is 17.8. The van der Waals surface area contributed by atoms with E-state index in [1.807, 2.05) is 4.90 Å². The lowest BCUT2D eigenvalue weighted by molar-refractivity contribution is -0.306. The van der Waals surface area contributed by atoms with Crippen molar-refractivity contribution in [2.75, 3.05) is 44.2 Å². The van der Waals surface area contributed by atoms with Gasteiger partial charge in [-0.1, -0.05) is 154 Å². The van der Waals surface area contributed by atoms with Crippen LogP contribution < -0.4 is 39.7 Å². The van der Waals surface area contributed by atoms with Gasteiger partial charge in [-0.15, -0.1) is 0 Å². The molecule has 4 fully saturated rings. The maximum absolute atomic E-state index is 13.8. The van der Waals surface area contributed by atoms with Crippen LogP contribution in [0.25, 0.3) is 0 Å². The lowest BCUT2D eigenvalue weighted by atomic mass is 9.84. The van der Waals surface area contributed by atoms with Crippen molar-refractivity contribution in [3.8, 4) is 0 Å². The molecule has 22 nitrogen and oxygen atoms in total. The van der Waals surface area contributed by atoms with Crippen LogP contribution in [0.5, 0.6) is 0 Å². The zero-order valence-electron chi connectivity index (χ0n) is 53.9. The highest BCUT2D eigenvalue weighted by molar-refractivity contribution is 7.99. The predicted octanol–water partition coefficient (Wildman–Crippen LogP) is 4.65. The fourth-order valence-electron chi connectivity index (χ4n) is 12.1. The van der Waals surface area contributed by atoms with Crippen LogP contribution in [0.15, 0.2) is 24.3 Å². The van der Waals surface area contributed by atoms with Crippen molar-refractivity contribution in [3.05, 3.63) is 24.3 Å². The summed E-state index contributed by atoms with van der Waals surface area (Å²) in [6.07, 6.45) is 24.1. The number of nitrogens with one attached hydrogen (secondary N) is 1. The Morgan fingerprint density at radius 1 is 0.489 bits per heavy atom.